The van der Waals surface area contributed by atoms with E-state index in [1.165, 1.54) is 28.4 Å². The first kappa shape index (κ1) is 30.6. The average Bonchev–Trinajstić information content (AvgIpc) is 3.09. The third-order valence-electron chi connectivity index (χ3n) is 8.32. The molecular formula is C36H34O10. The van der Waals surface area contributed by atoms with Crippen molar-refractivity contribution in [2.45, 2.75) is 25.0 Å². The van der Waals surface area contributed by atoms with E-state index < -0.39 is 12.2 Å². The molecular weight excluding hydrogens is 592 g/mol. The van der Waals surface area contributed by atoms with Gasteiger partial charge in [-0.05, 0) is 35.4 Å². The Morgan fingerprint density at radius 1 is 0.522 bits per heavy atom. The van der Waals surface area contributed by atoms with Gasteiger partial charge in [-0.15, -0.1) is 0 Å². The Labute approximate surface area is 266 Å². The van der Waals surface area contributed by atoms with Gasteiger partial charge >= 0.3 is 0 Å². The molecule has 2 unspecified atom stereocenters. The van der Waals surface area contributed by atoms with E-state index in [9.17, 15) is 9.59 Å². The van der Waals surface area contributed by atoms with Crippen molar-refractivity contribution in [3.05, 3.63) is 82.9 Å². The average molecular weight is 627 g/mol. The van der Waals surface area contributed by atoms with Crippen LogP contribution >= 0.6 is 0 Å². The first-order chi connectivity index (χ1) is 22.3. The van der Waals surface area contributed by atoms with E-state index in [0.717, 1.165) is 5.56 Å². The van der Waals surface area contributed by atoms with Crippen molar-refractivity contribution in [2.24, 2.45) is 0 Å². The van der Waals surface area contributed by atoms with Crippen molar-refractivity contribution in [1.82, 2.24) is 0 Å². The summed E-state index contributed by atoms with van der Waals surface area (Å²) in [4.78, 5) is 27.1. The number of hydrogen-bond donors (Lipinski definition) is 0. The molecule has 0 saturated heterocycles. The smallest absolute Gasteiger partial charge is 0.174 e. The van der Waals surface area contributed by atoms with Crippen LogP contribution in [0.1, 0.15) is 56.9 Å². The van der Waals surface area contributed by atoms with Crippen molar-refractivity contribution in [3.8, 4) is 57.1 Å². The van der Waals surface area contributed by atoms with Crippen molar-refractivity contribution < 1.29 is 47.5 Å². The van der Waals surface area contributed by atoms with Crippen LogP contribution in [-0.4, -0.2) is 54.2 Å². The van der Waals surface area contributed by atoms with E-state index >= 15 is 0 Å². The minimum Gasteiger partial charge on any atom is -0.497 e. The molecule has 0 N–H and O–H groups in total. The van der Waals surface area contributed by atoms with Crippen LogP contribution in [0.25, 0.3) is 11.1 Å². The Morgan fingerprint density at radius 3 is 1.70 bits per heavy atom. The molecule has 0 fully saturated rings. The molecule has 0 aliphatic carbocycles. The van der Waals surface area contributed by atoms with Gasteiger partial charge in [0, 0.05) is 23.8 Å². The summed E-state index contributed by atoms with van der Waals surface area (Å²) in [6, 6.07) is 17.9. The Bertz CT molecular complexity index is 1810. The van der Waals surface area contributed by atoms with E-state index in [1.54, 1.807) is 38.5 Å². The van der Waals surface area contributed by atoms with Crippen LogP contribution in [0.3, 0.4) is 0 Å². The van der Waals surface area contributed by atoms with Crippen LogP contribution in [0.5, 0.6) is 46.0 Å². The first-order valence-corrected chi connectivity index (χ1v) is 14.6. The number of ether oxygens (including phenoxy) is 8. The van der Waals surface area contributed by atoms with E-state index in [1.807, 2.05) is 36.4 Å². The molecule has 10 heteroatoms. The van der Waals surface area contributed by atoms with Crippen molar-refractivity contribution in [2.75, 3.05) is 42.7 Å². The molecule has 0 aromatic heterocycles. The highest BCUT2D eigenvalue weighted by Gasteiger charge is 2.36. The highest BCUT2D eigenvalue weighted by Crippen LogP contribution is 2.52. The van der Waals surface area contributed by atoms with Gasteiger partial charge in [-0.2, -0.15) is 0 Å². The number of hydrogen-bond acceptors (Lipinski definition) is 10. The summed E-state index contributed by atoms with van der Waals surface area (Å²) in [5, 5.41) is 0. The van der Waals surface area contributed by atoms with Gasteiger partial charge in [0.2, 0.25) is 0 Å². The summed E-state index contributed by atoms with van der Waals surface area (Å²) in [6.45, 7) is 0. The molecule has 2 aliphatic heterocycles. The number of carbonyl (C=O) groups excluding carboxylic acids is 2. The van der Waals surface area contributed by atoms with Gasteiger partial charge < -0.3 is 37.9 Å². The standard InChI is InChI=1S/C36H34O10/c1-39-21-10-7-19(8-11-21)27-17-25(38)35-32(45-27)18-30(43-5)33(36(35)44-6)23-13-20(9-12-26(23)41-3)28-16-24(37)34-29(42-4)14-22(40-2)15-31(34)46-28/h7-15,18,27-28H,16-17H2,1-6H3. The van der Waals surface area contributed by atoms with Crippen molar-refractivity contribution >= 4 is 11.6 Å². The Hall–Kier alpha value is -5.38. The number of ketones is 2. The lowest BCUT2D eigenvalue weighted by molar-refractivity contribution is 0.0834. The summed E-state index contributed by atoms with van der Waals surface area (Å²) in [6.07, 6.45) is -0.918. The molecule has 2 heterocycles. The largest absolute Gasteiger partial charge is 0.497 e. The summed E-state index contributed by atoms with van der Waals surface area (Å²) < 4.78 is 46.4. The molecule has 2 aliphatic rings. The van der Waals surface area contributed by atoms with Crippen LogP contribution in [0.15, 0.2) is 60.7 Å². The molecule has 0 amide bonds. The molecule has 0 saturated carbocycles. The second-order valence-electron chi connectivity index (χ2n) is 10.8. The second-order valence-corrected chi connectivity index (χ2v) is 10.8. The molecule has 2 atom stereocenters. The fourth-order valence-corrected chi connectivity index (χ4v) is 6.04. The number of fused-ring (bicyclic) bond motifs is 2. The molecule has 4 aromatic carbocycles. The number of methoxy groups -OCH3 is 6. The van der Waals surface area contributed by atoms with E-state index in [2.05, 4.69) is 0 Å². The second kappa shape index (κ2) is 12.5. The Kier molecular flexibility index (Phi) is 8.36. The van der Waals surface area contributed by atoms with Crippen LogP contribution in [0, 0.1) is 0 Å². The summed E-state index contributed by atoms with van der Waals surface area (Å²) in [5.41, 5.74) is 3.33. The van der Waals surface area contributed by atoms with Gasteiger partial charge in [-0.25, -0.2) is 0 Å². The third kappa shape index (κ3) is 5.29. The summed E-state index contributed by atoms with van der Waals surface area (Å²) in [5.74, 6) is 3.27. The van der Waals surface area contributed by atoms with Gasteiger partial charge in [-0.3, -0.25) is 9.59 Å². The van der Waals surface area contributed by atoms with Crippen LogP contribution in [0.2, 0.25) is 0 Å². The van der Waals surface area contributed by atoms with E-state index in [4.69, 9.17) is 37.9 Å². The molecule has 46 heavy (non-hydrogen) atoms. The van der Waals surface area contributed by atoms with Gasteiger partial charge in [0.1, 0.15) is 69.3 Å². The quantitative estimate of drug-likeness (QED) is 0.196. The normalized spacial score (nSPS) is 16.7. The lowest BCUT2D eigenvalue weighted by Gasteiger charge is -2.29. The minimum atomic E-state index is -0.619. The summed E-state index contributed by atoms with van der Waals surface area (Å²) >= 11 is 0. The molecule has 10 nitrogen and oxygen atoms in total. The SMILES string of the molecule is COc1ccc(C2CC(=O)c3c(cc(OC)c(-c4cc(C5CC(=O)c6c(OC)cc(OC)cc6O5)ccc4OC)c3OC)O2)cc1. The zero-order chi connectivity index (χ0) is 32.5. The maximum Gasteiger partial charge on any atom is 0.174 e. The maximum atomic E-state index is 13.7. The highest BCUT2D eigenvalue weighted by atomic mass is 16.5. The lowest BCUT2D eigenvalue weighted by atomic mass is 9.89. The molecule has 238 valence electrons. The molecule has 6 rings (SSSR count). The van der Waals surface area contributed by atoms with Gasteiger partial charge in [0.15, 0.2) is 11.6 Å². The molecule has 0 radical (unpaired) electrons. The number of rotatable bonds is 9. The van der Waals surface area contributed by atoms with Crippen LogP contribution in [0.4, 0.5) is 0 Å². The van der Waals surface area contributed by atoms with Gasteiger partial charge in [0.25, 0.3) is 0 Å². The molecule has 4 aromatic rings. The Balaban J connectivity index is 1.43. The Morgan fingerprint density at radius 2 is 1.09 bits per heavy atom. The third-order valence-corrected chi connectivity index (χ3v) is 8.32. The topological polar surface area (TPSA) is 108 Å². The predicted molar refractivity (Wildman–Crippen MR) is 169 cm³/mol. The van der Waals surface area contributed by atoms with Gasteiger partial charge in [0.05, 0.1) is 61.1 Å². The monoisotopic (exact) mass is 626 g/mol. The fourth-order valence-electron chi connectivity index (χ4n) is 6.04. The van der Waals surface area contributed by atoms with Gasteiger partial charge in [-0.1, -0.05) is 18.2 Å². The number of carbonyl (C=O) groups is 2. The first-order valence-electron chi connectivity index (χ1n) is 14.6. The van der Waals surface area contributed by atoms with Crippen molar-refractivity contribution in [1.29, 1.82) is 0 Å². The predicted octanol–water partition coefficient (Wildman–Crippen LogP) is 6.82. The van der Waals surface area contributed by atoms with E-state index in [-0.39, 0.29) is 24.4 Å². The fraction of sp³-hybridized carbons (Fsp3) is 0.278. The highest BCUT2D eigenvalue weighted by molar-refractivity contribution is 6.06. The lowest BCUT2D eigenvalue weighted by Crippen LogP contribution is -2.22. The zero-order valence-electron chi connectivity index (χ0n) is 26.4. The van der Waals surface area contributed by atoms with Crippen LogP contribution < -0.4 is 37.9 Å². The van der Waals surface area contributed by atoms with Crippen LogP contribution in [-0.2, 0) is 0 Å². The summed E-state index contributed by atoms with van der Waals surface area (Å²) in [7, 11) is 9.22. The zero-order valence-corrected chi connectivity index (χ0v) is 26.4. The van der Waals surface area contributed by atoms with Crippen molar-refractivity contribution in [3.63, 3.8) is 0 Å². The number of Topliss-reactive ketones (excluding diaryl/α,β-unsaturated/α-hetero) is 2. The minimum absolute atomic E-state index is 0.0823. The van der Waals surface area contributed by atoms with E-state index in [0.29, 0.717) is 73.8 Å². The maximum absolute atomic E-state index is 13.7. The number of benzene rings is 4. The molecule has 0 bridgehead atoms. The molecule has 0 spiro atoms.